The molecule has 0 unspecified atom stereocenters. The molecular formula is C28H31FN2O3S. The van der Waals surface area contributed by atoms with Gasteiger partial charge < -0.3 is 5.32 Å². The molecule has 0 spiro atoms. The van der Waals surface area contributed by atoms with E-state index in [-0.39, 0.29) is 24.2 Å². The maximum atomic E-state index is 14.3. The van der Waals surface area contributed by atoms with Crippen LogP contribution in [0.25, 0.3) is 0 Å². The number of fused-ring (bicyclic) bond motifs is 1. The Morgan fingerprint density at radius 1 is 1.00 bits per heavy atom. The van der Waals surface area contributed by atoms with Crippen LogP contribution in [0.4, 0.5) is 10.1 Å². The fraction of sp³-hybridized carbons (Fsp3) is 0.321. The molecule has 4 rings (SSSR count). The van der Waals surface area contributed by atoms with Crippen LogP contribution in [0, 0.1) is 5.82 Å². The normalized spacial score (nSPS) is 14.1. The van der Waals surface area contributed by atoms with E-state index in [1.165, 1.54) is 42.2 Å². The molecular weight excluding hydrogens is 463 g/mol. The van der Waals surface area contributed by atoms with E-state index in [4.69, 9.17) is 0 Å². The molecule has 1 amide bonds. The number of rotatable bonds is 8. The minimum atomic E-state index is -3.71. The van der Waals surface area contributed by atoms with E-state index in [9.17, 15) is 17.6 Å². The Labute approximate surface area is 207 Å². The molecule has 0 saturated carbocycles. The van der Waals surface area contributed by atoms with Crippen LogP contribution in [0.2, 0.25) is 0 Å². The number of benzene rings is 3. The van der Waals surface area contributed by atoms with Crippen LogP contribution in [0.5, 0.6) is 0 Å². The van der Waals surface area contributed by atoms with E-state index in [1.807, 2.05) is 0 Å². The van der Waals surface area contributed by atoms with E-state index in [1.54, 1.807) is 30.3 Å². The zero-order valence-corrected chi connectivity index (χ0v) is 20.9. The largest absolute Gasteiger partial charge is 0.345 e. The molecule has 7 heteroatoms. The average Bonchev–Trinajstić information content (AvgIpc) is 2.85. The van der Waals surface area contributed by atoms with Crippen molar-refractivity contribution < 1.29 is 17.6 Å². The number of para-hydroxylation sites is 1. The topological polar surface area (TPSA) is 66.5 Å². The summed E-state index contributed by atoms with van der Waals surface area (Å²) in [6.07, 6.45) is 6.48. The van der Waals surface area contributed by atoms with Crippen molar-refractivity contribution in [3.05, 3.63) is 100 Å². The van der Waals surface area contributed by atoms with Gasteiger partial charge in [0.25, 0.3) is 5.91 Å². The molecule has 1 aliphatic carbocycles. The van der Waals surface area contributed by atoms with Crippen molar-refractivity contribution in [3.63, 3.8) is 0 Å². The summed E-state index contributed by atoms with van der Waals surface area (Å²) < 4.78 is 40.0. The van der Waals surface area contributed by atoms with E-state index in [2.05, 4.69) is 30.4 Å². The number of halogens is 1. The van der Waals surface area contributed by atoms with E-state index in [0.717, 1.165) is 35.4 Å². The number of anilines is 1. The first kappa shape index (κ1) is 24.9. The summed E-state index contributed by atoms with van der Waals surface area (Å²) in [7, 11) is -3.71. The van der Waals surface area contributed by atoms with Gasteiger partial charge in [-0.15, -0.1) is 0 Å². The standard InChI is InChI=1S/C28H31FN2O3S/c1-3-26(24-17-16-21-8-4-5-9-23(21)18-24)30-28(32)22-14-12-20(13-15-22)19-31(35(2,33)34)27-11-7-6-10-25(27)29/h6-7,10-18,26H,3-5,8-9,19H2,1-2H3,(H,30,32)/t26-/m1/s1. The molecule has 3 aromatic rings. The van der Waals surface area contributed by atoms with Gasteiger partial charge in [0.05, 0.1) is 24.5 Å². The lowest BCUT2D eigenvalue weighted by molar-refractivity contribution is 0.0935. The molecule has 0 aliphatic heterocycles. The van der Waals surface area contributed by atoms with Crippen molar-refractivity contribution in [3.8, 4) is 0 Å². The summed E-state index contributed by atoms with van der Waals surface area (Å²) in [4.78, 5) is 13.0. The number of sulfonamides is 1. The first-order valence-corrected chi connectivity index (χ1v) is 13.8. The fourth-order valence-corrected chi connectivity index (χ4v) is 5.48. The zero-order chi connectivity index (χ0) is 25.0. The lowest BCUT2D eigenvalue weighted by Gasteiger charge is -2.23. The molecule has 0 fully saturated rings. The van der Waals surface area contributed by atoms with Crippen molar-refractivity contribution in [2.24, 2.45) is 0 Å². The Balaban J connectivity index is 1.48. The highest BCUT2D eigenvalue weighted by Crippen LogP contribution is 2.27. The molecule has 0 heterocycles. The van der Waals surface area contributed by atoms with Crippen LogP contribution in [0.1, 0.15) is 64.8 Å². The molecule has 1 atom stereocenters. The molecule has 35 heavy (non-hydrogen) atoms. The van der Waals surface area contributed by atoms with Gasteiger partial charge >= 0.3 is 0 Å². The molecule has 0 aromatic heterocycles. The van der Waals surface area contributed by atoms with Gasteiger partial charge in [-0.2, -0.15) is 0 Å². The van der Waals surface area contributed by atoms with Gasteiger partial charge in [-0.1, -0.05) is 49.4 Å². The first-order chi connectivity index (χ1) is 16.8. The quantitative estimate of drug-likeness (QED) is 0.446. The summed E-state index contributed by atoms with van der Waals surface area (Å²) in [5.74, 6) is -0.795. The SMILES string of the molecule is CC[C@@H](NC(=O)c1ccc(CN(c2ccccc2F)S(C)(=O)=O)cc1)c1ccc2c(c1)CCCC2. The summed E-state index contributed by atoms with van der Waals surface area (Å²) in [5.41, 5.74) is 5.05. The van der Waals surface area contributed by atoms with E-state index in [0.29, 0.717) is 11.1 Å². The number of nitrogens with zero attached hydrogens (tertiary/aromatic N) is 1. The van der Waals surface area contributed by atoms with Gasteiger partial charge in [0.15, 0.2) is 0 Å². The number of nitrogens with one attached hydrogen (secondary N) is 1. The third kappa shape index (κ3) is 5.90. The Kier molecular flexibility index (Phi) is 7.55. The van der Waals surface area contributed by atoms with Gasteiger partial charge in [0.1, 0.15) is 5.82 Å². The Morgan fingerprint density at radius 2 is 1.69 bits per heavy atom. The van der Waals surface area contributed by atoms with Crippen LogP contribution >= 0.6 is 0 Å². The fourth-order valence-electron chi connectivity index (χ4n) is 4.60. The van der Waals surface area contributed by atoms with Crippen molar-refractivity contribution in [1.82, 2.24) is 5.32 Å². The number of hydrogen-bond donors (Lipinski definition) is 1. The van der Waals surface area contributed by atoms with Gasteiger partial charge in [-0.25, -0.2) is 12.8 Å². The number of carbonyl (C=O) groups excluding carboxylic acids is 1. The third-order valence-electron chi connectivity index (χ3n) is 6.55. The van der Waals surface area contributed by atoms with Crippen LogP contribution in [0.15, 0.2) is 66.7 Å². The number of amides is 1. The monoisotopic (exact) mass is 494 g/mol. The summed E-state index contributed by atoms with van der Waals surface area (Å²) in [5, 5.41) is 3.13. The molecule has 0 saturated heterocycles. The third-order valence-corrected chi connectivity index (χ3v) is 7.68. The second kappa shape index (κ2) is 10.6. The first-order valence-electron chi connectivity index (χ1n) is 12.0. The maximum absolute atomic E-state index is 14.3. The van der Waals surface area contributed by atoms with Crippen LogP contribution in [-0.2, 0) is 29.4 Å². The molecule has 0 radical (unpaired) electrons. The predicted molar refractivity (Wildman–Crippen MR) is 137 cm³/mol. The Morgan fingerprint density at radius 3 is 2.34 bits per heavy atom. The highest BCUT2D eigenvalue weighted by molar-refractivity contribution is 7.92. The number of hydrogen-bond acceptors (Lipinski definition) is 3. The summed E-state index contributed by atoms with van der Waals surface area (Å²) in [6.45, 7) is 2.02. The van der Waals surface area contributed by atoms with Gasteiger partial charge in [0, 0.05) is 5.56 Å². The number of aryl methyl sites for hydroxylation is 2. The molecule has 5 nitrogen and oxygen atoms in total. The van der Waals surface area contributed by atoms with Crippen LogP contribution < -0.4 is 9.62 Å². The second-order valence-electron chi connectivity index (χ2n) is 9.09. The van der Waals surface area contributed by atoms with E-state index < -0.39 is 15.8 Å². The lowest BCUT2D eigenvalue weighted by Crippen LogP contribution is -2.30. The van der Waals surface area contributed by atoms with Crippen molar-refractivity contribution >= 4 is 21.6 Å². The maximum Gasteiger partial charge on any atom is 0.251 e. The summed E-state index contributed by atoms with van der Waals surface area (Å²) >= 11 is 0. The lowest BCUT2D eigenvalue weighted by atomic mass is 9.88. The molecule has 3 aromatic carbocycles. The summed E-state index contributed by atoms with van der Waals surface area (Å²) in [6, 6.07) is 19.0. The zero-order valence-electron chi connectivity index (χ0n) is 20.1. The van der Waals surface area contributed by atoms with E-state index >= 15 is 0 Å². The highest BCUT2D eigenvalue weighted by atomic mass is 32.2. The van der Waals surface area contributed by atoms with Crippen molar-refractivity contribution in [2.75, 3.05) is 10.6 Å². The minimum absolute atomic E-state index is 0.00680. The van der Waals surface area contributed by atoms with Crippen molar-refractivity contribution in [1.29, 1.82) is 0 Å². The Bertz CT molecular complexity index is 1310. The average molecular weight is 495 g/mol. The molecule has 1 aliphatic rings. The molecule has 0 bridgehead atoms. The van der Waals surface area contributed by atoms with Crippen LogP contribution in [-0.4, -0.2) is 20.6 Å². The van der Waals surface area contributed by atoms with Gasteiger partial charge in [0.2, 0.25) is 10.0 Å². The predicted octanol–water partition coefficient (Wildman–Crippen LogP) is 5.55. The second-order valence-corrected chi connectivity index (χ2v) is 11.0. The smallest absolute Gasteiger partial charge is 0.251 e. The van der Waals surface area contributed by atoms with Crippen molar-refractivity contribution in [2.45, 2.75) is 51.6 Å². The van der Waals surface area contributed by atoms with Gasteiger partial charge in [-0.3, -0.25) is 9.10 Å². The Hall–Kier alpha value is -3.19. The number of carbonyl (C=O) groups is 1. The van der Waals surface area contributed by atoms with Crippen LogP contribution in [0.3, 0.4) is 0 Å². The highest BCUT2D eigenvalue weighted by Gasteiger charge is 2.21. The molecule has 184 valence electrons. The minimum Gasteiger partial charge on any atom is -0.345 e. The van der Waals surface area contributed by atoms with Gasteiger partial charge in [-0.05, 0) is 78.6 Å². The molecule has 1 N–H and O–H groups in total.